The molecule has 0 saturated carbocycles. The largest absolute Gasteiger partial charge is 0.330 e. The summed E-state index contributed by atoms with van der Waals surface area (Å²) in [6.45, 7) is 3.31. The van der Waals surface area contributed by atoms with E-state index in [1.54, 1.807) is 13.0 Å². The molecular formula is C11H18N4O2S. The van der Waals surface area contributed by atoms with Crippen LogP contribution in [0.4, 0.5) is 0 Å². The van der Waals surface area contributed by atoms with Gasteiger partial charge in [-0.2, -0.15) is 9.40 Å². The lowest BCUT2D eigenvalue weighted by Gasteiger charge is -2.30. The molecule has 1 aliphatic heterocycles. The van der Waals surface area contributed by atoms with Crippen molar-refractivity contribution < 1.29 is 8.42 Å². The van der Waals surface area contributed by atoms with Gasteiger partial charge in [0.2, 0.25) is 0 Å². The third-order valence-electron chi connectivity index (χ3n) is 3.19. The number of hydrogen-bond donors (Lipinski definition) is 1. The Kier molecular flexibility index (Phi) is 3.94. The molecule has 100 valence electrons. The van der Waals surface area contributed by atoms with E-state index in [0.29, 0.717) is 25.3 Å². The van der Waals surface area contributed by atoms with Crippen LogP contribution in [0.2, 0.25) is 0 Å². The fourth-order valence-corrected chi connectivity index (χ4v) is 3.52. The summed E-state index contributed by atoms with van der Waals surface area (Å²) in [6.07, 6.45) is 1.84. The molecule has 2 N–H and O–H groups in total. The number of piperidine rings is 1. The van der Waals surface area contributed by atoms with Gasteiger partial charge >= 0.3 is 0 Å². The Morgan fingerprint density at radius 1 is 1.44 bits per heavy atom. The maximum absolute atomic E-state index is 12.3. The number of aryl methyl sites for hydroxylation is 1. The van der Waals surface area contributed by atoms with E-state index < -0.39 is 10.0 Å². The van der Waals surface area contributed by atoms with Crippen LogP contribution in [0, 0.1) is 12.8 Å². The maximum Gasteiger partial charge on any atom is 0.262 e. The third kappa shape index (κ3) is 2.68. The molecule has 18 heavy (non-hydrogen) atoms. The van der Waals surface area contributed by atoms with Crippen molar-refractivity contribution in [1.29, 1.82) is 0 Å². The minimum atomic E-state index is -3.52. The van der Waals surface area contributed by atoms with Crippen LogP contribution in [0.3, 0.4) is 0 Å². The summed E-state index contributed by atoms with van der Waals surface area (Å²) >= 11 is 0. The zero-order chi connectivity index (χ0) is 13.2. The topological polar surface area (TPSA) is 89.2 Å². The van der Waals surface area contributed by atoms with Crippen LogP contribution in [0.5, 0.6) is 0 Å². The van der Waals surface area contributed by atoms with E-state index in [9.17, 15) is 8.42 Å². The van der Waals surface area contributed by atoms with Gasteiger partial charge in [0.25, 0.3) is 10.0 Å². The predicted octanol–water partition coefficient (Wildman–Crippen LogP) is 0.144. The molecule has 1 aromatic heterocycles. The molecular weight excluding hydrogens is 252 g/mol. The van der Waals surface area contributed by atoms with Crippen LogP contribution >= 0.6 is 0 Å². The molecule has 0 radical (unpaired) electrons. The molecule has 0 spiro atoms. The number of nitrogens with two attached hydrogens (primary N) is 1. The molecule has 1 fully saturated rings. The predicted molar refractivity (Wildman–Crippen MR) is 67.3 cm³/mol. The van der Waals surface area contributed by atoms with Crippen LogP contribution in [0.1, 0.15) is 18.5 Å². The second kappa shape index (κ2) is 5.29. The Bertz CT molecular complexity index is 500. The Morgan fingerprint density at radius 2 is 2.22 bits per heavy atom. The van der Waals surface area contributed by atoms with Gasteiger partial charge in [0.1, 0.15) is 0 Å². The molecule has 2 heterocycles. The molecule has 0 amide bonds. The summed E-state index contributed by atoms with van der Waals surface area (Å²) in [7, 11) is -3.52. The SMILES string of the molecule is Cc1ccc(S(=O)(=O)N2CCC[C@@H](CN)C2)nn1. The van der Waals surface area contributed by atoms with Gasteiger partial charge in [-0.25, -0.2) is 8.42 Å². The molecule has 7 heteroatoms. The first-order chi connectivity index (χ1) is 8.54. The van der Waals surface area contributed by atoms with Gasteiger partial charge in [0.15, 0.2) is 5.03 Å². The molecule has 0 aromatic carbocycles. The normalized spacial score (nSPS) is 22.0. The first kappa shape index (κ1) is 13.4. The molecule has 2 rings (SSSR count). The molecule has 0 unspecified atom stereocenters. The standard InChI is InChI=1S/C11H18N4O2S/c1-9-4-5-11(14-13-9)18(16,17)15-6-2-3-10(7-12)8-15/h4-5,10H,2-3,6-8,12H2,1H3/t10-/m0/s1. The van der Waals surface area contributed by atoms with Crippen LogP contribution in [-0.2, 0) is 10.0 Å². The molecule has 0 aliphatic carbocycles. The first-order valence-electron chi connectivity index (χ1n) is 6.04. The van der Waals surface area contributed by atoms with Crippen molar-refractivity contribution in [2.24, 2.45) is 11.7 Å². The van der Waals surface area contributed by atoms with Crippen molar-refractivity contribution >= 4 is 10.0 Å². The van der Waals surface area contributed by atoms with E-state index in [2.05, 4.69) is 10.2 Å². The monoisotopic (exact) mass is 270 g/mol. The molecule has 1 saturated heterocycles. The fourth-order valence-electron chi connectivity index (χ4n) is 2.09. The lowest BCUT2D eigenvalue weighted by Crippen LogP contribution is -2.42. The van der Waals surface area contributed by atoms with E-state index in [1.165, 1.54) is 10.4 Å². The summed E-state index contributed by atoms with van der Waals surface area (Å²) in [5, 5.41) is 7.58. The summed E-state index contributed by atoms with van der Waals surface area (Å²) < 4.78 is 26.2. The highest BCUT2D eigenvalue weighted by molar-refractivity contribution is 7.89. The molecule has 6 nitrogen and oxygen atoms in total. The summed E-state index contributed by atoms with van der Waals surface area (Å²) in [4.78, 5) is 0. The van der Waals surface area contributed by atoms with Gasteiger partial charge in [-0.3, -0.25) is 0 Å². The van der Waals surface area contributed by atoms with Crippen molar-refractivity contribution in [3.63, 3.8) is 0 Å². The van der Waals surface area contributed by atoms with Crippen LogP contribution in [0.15, 0.2) is 17.2 Å². The van der Waals surface area contributed by atoms with Crippen molar-refractivity contribution in [2.75, 3.05) is 19.6 Å². The van der Waals surface area contributed by atoms with Gasteiger partial charge in [-0.05, 0) is 44.4 Å². The van der Waals surface area contributed by atoms with Gasteiger partial charge in [0.05, 0.1) is 5.69 Å². The third-order valence-corrected chi connectivity index (χ3v) is 4.95. The second-order valence-electron chi connectivity index (χ2n) is 4.62. The zero-order valence-corrected chi connectivity index (χ0v) is 11.2. The average molecular weight is 270 g/mol. The number of sulfonamides is 1. The van der Waals surface area contributed by atoms with E-state index in [4.69, 9.17) is 5.73 Å². The van der Waals surface area contributed by atoms with Gasteiger partial charge < -0.3 is 5.73 Å². The van der Waals surface area contributed by atoms with E-state index in [1.807, 2.05) is 0 Å². The highest BCUT2D eigenvalue weighted by Crippen LogP contribution is 2.21. The minimum Gasteiger partial charge on any atom is -0.330 e. The summed E-state index contributed by atoms with van der Waals surface area (Å²) in [6, 6.07) is 3.16. The quantitative estimate of drug-likeness (QED) is 0.844. The lowest BCUT2D eigenvalue weighted by molar-refractivity contribution is 0.270. The number of hydrogen-bond acceptors (Lipinski definition) is 5. The van der Waals surface area contributed by atoms with Gasteiger partial charge in [-0.1, -0.05) is 0 Å². The maximum atomic E-state index is 12.3. The van der Waals surface area contributed by atoms with Crippen molar-refractivity contribution in [2.45, 2.75) is 24.8 Å². The summed E-state index contributed by atoms with van der Waals surface area (Å²) in [5.41, 5.74) is 6.32. The van der Waals surface area contributed by atoms with Crippen molar-refractivity contribution in [3.8, 4) is 0 Å². The van der Waals surface area contributed by atoms with E-state index in [0.717, 1.165) is 12.8 Å². The number of nitrogens with zero attached hydrogens (tertiary/aromatic N) is 3. The first-order valence-corrected chi connectivity index (χ1v) is 7.48. The Morgan fingerprint density at radius 3 is 2.83 bits per heavy atom. The second-order valence-corrected chi connectivity index (χ2v) is 6.50. The Hall–Kier alpha value is -1.05. The fraction of sp³-hybridized carbons (Fsp3) is 0.636. The van der Waals surface area contributed by atoms with Gasteiger partial charge in [-0.15, -0.1) is 5.10 Å². The van der Waals surface area contributed by atoms with Crippen LogP contribution in [-0.4, -0.2) is 42.6 Å². The lowest BCUT2D eigenvalue weighted by atomic mass is 10.0. The van der Waals surface area contributed by atoms with Gasteiger partial charge in [0, 0.05) is 13.1 Å². The Balaban J connectivity index is 2.22. The smallest absolute Gasteiger partial charge is 0.262 e. The zero-order valence-electron chi connectivity index (χ0n) is 10.4. The van der Waals surface area contributed by atoms with E-state index in [-0.39, 0.29) is 10.9 Å². The highest BCUT2D eigenvalue weighted by Gasteiger charge is 2.30. The summed E-state index contributed by atoms with van der Waals surface area (Å²) in [5.74, 6) is 0.243. The minimum absolute atomic E-state index is 0.0192. The number of aromatic nitrogens is 2. The molecule has 1 aromatic rings. The average Bonchev–Trinajstić information content (AvgIpc) is 2.39. The molecule has 1 atom stereocenters. The highest BCUT2D eigenvalue weighted by atomic mass is 32.2. The molecule has 1 aliphatic rings. The van der Waals surface area contributed by atoms with Crippen LogP contribution in [0.25, 0.3) is 0 Å². The Labute approximate surface area is 107 Å². The van der Waals surface area contributed by atoms with E-state index >= 15 is 0 Å². The number of rotatable bonds is 3. The molecule has 0 bridgehead atoms. The van der Waals surface area contributed by atoms with Crippen molar-refractivity contribution in [3.05, 3.63) is 17.8 Å². The van der Waals surface area contributed by atoms with Crippen LogP contribution < -0.4 is 5.73 Å². The van der Waals surface area contributed by atoms with Crippen molar-refractivity contribution in [1.82, 2.24) is 14.5 Å².